The van der Waals surface area contributed by atoms with Gasteiger partial charge >= 0.3 is 11.9 Å². The van der Waals surface area contributed by atoms with Gasteiger partial charge in [-0.1, -0.05) is 17.7 Å². The maximum Gasteiger partial charge on any atom is 0.348 e. The highest BCUT2D eigenvalue weighted by molar-refractivity contribution is 7.18. The summed E-state index contributed by atoms with van der Waals surface area (Å²) in [5.74, 6) is -1.33. The Morgan fingerprint density at radius 3 is 2.41 bits per heavy atom. The SMILES string of the molecule is CCOC(=O)c1c(NC(=O)COc2c(C)cc(C)cc2Cl)sc(C(=O)OC)c1C. The number of carbonyl (C=O) groups excluding carboxylic acids is 3. The molecule has 156 valence electrons. The highest BCUT2D eigenvalue weighted by Gasteiger charge is 2.27. The fraction of sp³-hybridized carbons (Fsp3) is 0.350. The first kappa shape index (κ1) is 22.7. The van der Waals surface area contributed by atoms with Crippen LogP contribution in [0.15, 0.2) is 12.1 Å². The molecule has 0 saturated heterocycles. The minimum Gasteiger partial charge on any atom is -0.482 e. The minimum atomic E-state index is -0.634. The van der Waals surface area contributed by atoms with Gasteiger partial charge in [0, 0.05) is 0 Å². The summed E-state index contributed by atoms with van der Waals surface area (Å²) in [5, 5.41) is 3.21. The normalized spacial score (nSPS) is 10.4. The van der Waals surface area contributed by atoms with Crippen molar-refractivity contribution >= 4 is 45.8 Å². The number of esters is 2. The Labute approximate surface area is 177 Å². The van der Waals surface area contributed by atoms with Gasteiger partial charge in [-0.2, -0.15) is 0 Å². The van der Waals surface area contributed by atoms with Crippen molar-refractivity contribution in [1.82, 2.24) is 0 Å². The zero-order chi connectivity index (χ0) is 21.7. The zero-order valence-electron chi connectivity index (χ0n) is 16.8. The largest absolute Gasteiger partial charge is 0.482 e. The number of hydrogen-bond acceptors (Lipinski definition) is 7. The molecular weight excluding hydrogens is 418 g/mol. The van der Waals surface area contributed by atoms with E-state index in [4.69, 9.17) is 25.8 Å². The van der Waals surface area contributed by atoms with Crippen molar-refractivity contribution in [2.24, 2.45) is 0 Å². The van der Waals surface area contributed by atoms with Gasteiger partial charge in [0.1, 0.15) is 15.6 Å². The number of hydrogen-bond donors (Lipinski definition) is 1. The Kier molecular flexibility index (Phi) is 7.64. The molecular formula is C20H22ClNO6S. The second-order valence-electron chi connectivity index (χ2n) is 6.20. The van der Waals surface area contributed by atoms with E-state index in [-0.39, 0.29) is 28.7 Å². The quantitative estimate of drug-likeness (QED) is 0.646. The topological polar surface area (TPSA) is 90.9 Å². The molecule has 0 bridgehead atoms. The maximum absolute atomic E-state index is 12.4. The lowest BCUT2D eigenvalue weighted by Gasteiger charge is -2.12. The van der Waals surface area contributed by atoms with Gasteiger partial charge < -0.3 is 19.5 Å². The Morgan fingerprint density at radius 2 is 1.83 bits per heavy atom. The van der Waals surface area contributed by atoms with Crippen molar-refractivity contribution < 1.29 is 28.6 Å². The third-order valence-electron chi connectivity index (χ3n) is 3.97. The van der Waals surface area contributed by atoms with E-state index in [0.29, 0.717) is 16.3 Å². The Morgan fingerprint density at radius 1 is 1.14 bits per heavy atom. The molecule has 0 saturated carbocycles. The van der Waals surface area contributed by atoms with Gasteiger partial charge in [-0.05, 0) is 50.5 Å². The third kappa shape index (κ3) is 5.27. The highest BCUT2D eigenvalue weighted by Crippen LogP contribution is 2.34. The van der Waals surface area contributed by atoms with E-state index in [1.54, 1.807) is 19.9 Å². The number of anilines is 1. The molecule has 7 nitrogen and oxygen atoms in total. The van der Waals surface area contributed by atoms with Crippen molar-refractivity contribution in [3.05, 3.63) is 44.3 Å². The van der Waals surface area contributed by atoms with Crippen molar-refractivity contribution in [2.45, 2.75) is 27.7 Å². The fourth-order valence-electron chi connectivity index (χ4n) is 2.72. The van der Waals surface area contributed by atoms with Crippen molar-refractivity contribution in [2.75, 3.05) is 25.6 Å². The molecule has 1 N–H and O–H groups in total. The Bertz CT molecular complexity index is 930. The van der Waals surface area contributed by atoms with Gasteiger partial charge in [0.15, 0.2) is 6.61 Å². The summed E-state index contributed by atoms with van der Waals surface area (Å²) in [7, 11) is 1.24. The number of thiophene rings is 1. The number of rotatable bonds is 7. The van der Waals surface area contributed by atoms with E-state index in [1.807, 2.05) is 19.9 Å². The van der Waals surface area contributed by atoms with Crippen LogP contribution in [-0.4, -0.2) is 38.2 Å². The average Bonchev–Trinajstić information content (AvgIpc) is 2.96. The van der Waals surface area contributed by atoms with E-state index >= 15 is 0 Å². The molecule has 0 fully saturated rings. The fourth-order valence-corrected chi connectivity index (χ4v) is 4.23. The smallest absolute Gasteiger partial charge is 0.348 e. The third-order valence-corrected chi connectivity index (χ3v) is 5.44. The van der Waals surface area contributed by atoms with Crippen LogP contribution in [0.1, 0.15) is 43.6 Å². The molecule has 2 aromatic rings. The second-order valence-corrected chi connectivity index (χ2v) is 7.63. The maximum atomic E-state index is 12.4. The molecule has 9 heteroatoms. The lowest BCUT2D eigenvalue weighted by molar-refractivity contribution is -0.118. The molecule has 29 heavy (non-hydrogen) atoms. The van der Waals surface area contributed by atoms with Gasteiger partial charge in [-0.3, -0.25) is 4.79 Å². The second kappa shape index (κ2) is 9.76. The lowest BCUT2D eigenvalue weighted by Crippen LogP contribution is -2.21. The number of carbonyl (C=O) groups is 3. The van der Waals surface area contributed by atoms with Gasteiger partial charge in [0.25, 0.3) is 5.91 Å². The van der Waals surface area contributed by atoms with Crippen LogP contribution >= 0.6 is 22.9 Å². The molecule has 0 aliphatic rings. The van der Waals surface area contributed by atoms with Gasteiger partial charge in [0.05, 0.1) is 24.3 Å². The van der Waals surface area contributed by atoms with Crippen LogP contribution in [0.3, 0.4) is 0 Å². The summed E-state index contributed by atoms with van der Waals surface area (Å²) >= 11 is 7.13. The highest BCUT2D eigenvalue weighted by atomic mass is 35.5. The number of ether oxygens (including phenoxy) is 3. The van der Waals surface area contributed by atoms with Crippen LogP contribution in [0.4, 0.5) is 5.00 Å². The molecule has 0 unspecified atom stereocenters. The zero-order valence-corrected chi connectivity index (χ0v) is 18.4. The lowest BCUT2D eigenvalue weighted by atomic mass is 10.1. The number of methoxy groups -OCH3 is 1. The summed E-state index contributed by atoms with van der Waals surface area (Å²) in [6.45, 7) is 6.83. The van der Waals surface area contributed by atoms with Gasteiger partial charge in [0.2, 0.25) is 0 Å². The summed E-state index contributed by atoms with van der Waals surface area (Å²) in [6, 6.07) is 3.63. The average molecular weight is 440 g/mol. The summed E-state index contributed by atoms with van der Waals surface area (Å²) in [6.07, 6.45) is 0. The van der Waals surface area contributed by atoms with Crippen LogP contribution in [0.25, 0.3) is 0 Å². The molecule has 0 aliphatic carbocycles. The van der Waals surface area contributed by atoms with Crippen LogP contribution < -0.4 is 10.1 Å². The number of halogens is 1. The predicted molar refractivity (Wildman–Crippen MR) is 111 cm³/mol. The van der Waals surface area contributed by atoms with Crippen LogP contribution in [0, 0.1) is 20.8 Å². The van der Waals surface area contributed by atoms with Gasteiger partial charge in [-0.25, -0.2) is 9.59 Å². The summed E-state index contributed by atoms with van der Waals surface area (Å²) in [4.78, 5) is 36.9. The molecule has 1 aromatic heterocycles. The van der Waals surface area contributed by atoms with Crippen molar-refractivity contribution in [1.29, 1.82) is 0 Å². The van der Waals surface area contributed by atoms with Crippen molar-refractivity contribution in [3.8, 4) is 5.75 Å². The molecule has 2 rings (SSSR count). The molecule has 0 radical (unpaired) electrons. The molecule has 1 heterocycles. The number of nitrogens with one attached hydrogen (secondary N) is 1. The standard InChI is InChI=1S/C20H22ClNO6S/c1-6-27-19(24)15-12(4)17(20(25)26-5)29-18(15)22-14(23)9-28-16-11(3)7-10(2)8-13(16)21/h7-8H,6,9H2,1-5H3,(H,22,23). The number of aryl methyl sites for hydroxylation is 2. The molecule has 1 aromatic carbocycles. The first-order valence-corrected chi connectivity index (χ1v) is 9.97. The van der Waals surface area contributed by atoms with E-state index in [0.717, 1.165) is 22.5 Å². The first-order valence-electron chi connectivity index (χ1n) is 8.77. The predicted octanol–water partition coefficient (Wildman–Crippen LogP) is 4.31. The Hall–Kier alpha value is -2.58. The molecule has 0 spiro atoms. The monoisotopic (exact) mass is 439 g/mol. The first-order chi connectivity index (χ1) is 13.7. The van der Waals surface area contributed by atoms with Gasteiger partial charge in [-0.15, -0.1) is 11.3 Å². The minimum absolute atomic E-state index is 0.121. The number of amides is 1. The Balaban J connectivity index is 2.23. The van der Waals surface area contributed by atoms with E-state index in [9.17, 15) is 14.4 Å². The van der Waals surface area contributed by atoms with Crippen LogP contribution in [0.2, 0.25) is 5.02 Å². The van der Waals surface area contributed by atoms with E-state index < -0.39 is 17.8 Å². The molecule has 0 aliphatic heterocycles. The van der Waals surface area contributed by atoms with Crippen LogP contribution in [0.5, 0.6) is 5.75 Å². The molecule has 1 amide bonds. The summed E-state index contributed by atoms with van der Waals surface area (Å²) in [5.41, 5.74) is 2.28. The molecule has 0 atom stereocenters. The van der Waals surface area contributed by atoms with E-state index in [1.165, 1.54) is 7.11 Å². The van der Waals surface area contributed by atoms with Crippen LogP contribution in [-0.2, 0) is 14.3 Å². The van der Waals surface area contributed by atoms with Crippen molar-refractivity contribution in [3.63, 3.8) is 0 Å². The number of benzene rings is 1. The van der Waals surface area contributed by atoms with E-state index in [2.05, 4.69) is 5.32 Å². The summed E-state index contributed by atoms with van der Waals surface area (Å²) < 4.78 is 15.3.